The minimum Gasteiger partial charge on any atom is -0.486 e. The third-order valence-corrected chi connectivity index (χ3v) is 4.87. The van der Waals surface area contributed by atoms with Crippen molar-refractivity contribution in [2.24, 2.45) is 5.92 Å². The van der Waals surface area contributed by atoms with Crippen LogP contribution in [0.1, 0.15) is 58.8 Å². The zero-order valence-electron chi connectivity index (χ0n) is 17.5. The van der Waals surface area contributed by atoms with Crippen molar-refractivity contribution >= 4 is 12.0 Å². The maximum Gasteiger partial charge on any atom is 0.163 e. The fraction of sp³-hybridized carbons (Fsp3) is 0.682. The van der Waals surface area contributed by atoms with E-state index in [-0.39, 0.29) is 6.10 Å². The van der Waals surface area contributed by atoms with Gasteiger partial charge in [0.1, 0.15) is 25.6 Å². The van der Waals surface area contributed by atoms with E-state index in [1.165, 1.54) is 32.1 Å². The van der Waals surface area contributed by atoms with Crippen LogP contribution in [0.15, 0.2) is 18.2 Å². The van der Waals surface area contributed by atoms with Gasteiger partial charge >= 0.3 is 0 Å². The molecule has 0 aromatic heterocycles. The van der Waals surface area contributed by atoms with Crippen LogP contribution >= 0.6 is 0 Å². The van der Waals surface area contributed by atoms with E-state index < -0.39 is 0 Å². The molecule has 1 heterocycles. The number of carbonyl (C=O) groups is 1. The van der Waals surface area contributed by atoms with Gasteiger partial charge in [0.15, 0.2) is 11.5 Å². The van der Waals surface area contributed by atoms with E-state index >= 15 is 0 Å². The van der Waals surface area contributed by atoms with Crippen molar-refractivity contribution in [1.29, 1.82) is 0 Å². The van der Waals surface area contributed by atoms with Gasteiger partial charge in [0.2, 0.25) is 0 Å². The Morgan fingerprint density at radius 3 is 2.41 bits per heavy atom. The number of aldehydes is 1. The molecule has 1 aliphatic carbocycles. The fourth-order valence-electron chi connectivity index (χ4n) is 3.32. The zero-order valence-corrected chi connectivity index (χ0v) is 17.5. The van der Waals surface area contributed by atoms with Crippen LogP contribution in [0.4, 0.5) is 5.69 Å². The predicted octanol–water partition coefficient (Wildman–Crippen LogP) is 5.09. The summed E-state index contributed by atoms with van der Waals surface area (Å²) in [6, 6.07) is 5.82. The van der Waals surface area contributed by atoms with Crippen molar-refractivity contribution < 1.29 is 19.0 Å². The summed E-state index contributed by atoms with van der Waals surface area (Å²) < 4.78 is 15.8. The lowest BCUT2D eigenvalue weighted by Crippen LogP contribution is -2.15. The molecule has 27 heavy (non-hydrogen) atoms. The van der Waals surface area contributed by atoms with Crippen LogP contribution in [0.5, 0.6) is 11.5 Å². The van der Waals surface area contributed by atoms with Crippen LogP contribution in [0.25, 0.3) is 0 Å². The molecule has 1 aromatic carbocycles. The van der Waals surface area contributed by atoms with Crippen LogP contribution in [-0.2, 0) is 9.53 Å². The lowest BCUT2D eigenvalue weighted by atomic mass is 9.85. The first kappa shape index (κ1) is 23.3. The van der Waals surface area contributed by atoms with Gasteiger partial charge in [-0.05, 0) is 30.9 Å². The first-order valence-corrected chi connectivity index (χ1v) is 10.3. The number of fused-ring (bicyclic) bond motifs is 1. The van der Waals surface area contributed by atoms with E-state index in [4.69, 9.17) is 14.2 Å². The summed E-state index contributed by atoms with van der Waals surface area (Å²) in [5.74, 6) is 2.51. The summed E-state index contributed by atoms with van der Waals surface area (Å²) in [4.78, 5) is 10.5. The molecule has 0 amide bonds. The van der Waals surface area contributed by atoms with Gasteiger partial charge in [-0.3, -0.25) is 0 Å². The Bertz CT molecular complexity index is 515. The second-order valence-corrected chi connectivity index (χ2v) is 6.60. The Morgan fingerprint density at radius 1 is 1.15 bits per heavy atom. The van der Waals surface area contributed by atoms with E-state index in [0.29, 0.717) is 13.2 Å². The largest absolute Gasteiger partial charge is 0.486 e. The van der Waals surface area contributed by atoms with E-state index in [1.54, 1.807) is 7.11 Å². The van der Waals surface area contributed by atoms with Gasteiger partial charge in [-0.25, -0.2) is 0 Å². The van der Waals surface area contributed by atoms with Gasteiger partial charge < -0.3 is 24.3 Å². The Hall–Kier alpha value is -1.75. The summed E-state index contributed by atoms with van der Waals surface area (Å²) in [5, 5.41) is 3.04. The number of anilines is 1. The fourth-order valence-corrected chi connectivity index (χ4v) is 3.32. The van der Waals surface area contributed by atoms with Crippen LogP contribution in [-0.4, -0.2) is 39.8 Å². The normalized spacial score (nSPS) is 16.7. The van der Waals surface area contributed by atoms with Crippen molar-refractivity contribution in [2.45, 2.75) is 64.9 Å². The Kier molecular flexibility index (Phi) is 12.4. The molecule has 3 rings (SSSR count). The molecule has 1 aliphatic heterocycles. The highest BCUT2D eigenvalue weighted by molar-refractivity contribution is 5.55. The van der Waals surface area contributed by atoms with Gasteiger partial charge in [0.25, 0.3) is 0 Å². The first-order chi connectivity index (χ1) is 13.3. The number of hydrogen-bond acceptors (Lipinski definition) is 5. The Morgan fingerprint density at radius 2 is 1.81 bits per heavy atom. The summed E-state index contributed by atoms with van der Waals surface area (Å²) in [5.41, 5.74) is 1.04. The maximum absolute atomic E-state index is 10.5. The number of hydrogen-bond donors (Lipinski definition) is 1. The van der Waals surface area contributed by atoms with Crippen molar-refractivity contribution in [1.82, 2.24) is 0 Å². The third-order valence-electron chi connectivity index (χ3n) is 4.87. The highest BCUT2D eigenvalue weighted by Crippen LogP contribution is 2.32. The highest BCUT2D eigenvalue weighted by Gasteiger charge is 2.15. The number of benzene rings is 1. The molecule has 5 nitrogen and oxygen atoms in total. The molecule has 1 atom stereocenters. The molecule has 0 radical (unpaired) electrons. The molecular formula is C22H37NO4. The van der Waals surface area contributed by atoms with Crippen molar-refractivity contribution in [3.8, 4) is 11.5 Å². The molecule has 1 fully saturated rings. The van der Waals surface area contributed by atoms with E-state index in [0.717, 1.165) is 42.2 Å². The maximum atomic E-state index is 10.5. The minimum absolute atomic E-state index is 0.165. The van der Waals surface area contributed by atoms with E-state index in [9.17, 15) is 4.79 Å². The highest BCUT2D eigenvalue weighted by atomic mass is 16.6. The average Bonchev–Trinajstić information content (AvgIpc) is 2.76. The second-order valence-electron chi connectivity index (χ2n) is 6.60. The molecule has 0 bridgehead atoms. The second kappa shape index (κ2) is 14.3. The number of methoxy groups -OCH3 is 1. The standard InChI is InChI=1S/C11H20O2.C9H11NO2.C2H6/c1-13-11(9-12)8-7-10-5-3-2-4-6-10;1-10-7-2-3-8-9(6-7)12-5-4-11-8;1-2/h9-11H,2-8H2,1H3;2-3,6,10H,4-5H2,1H3;1-2H3. The first-order valence-electron chi connectivity index (χ1n) is 10.3. The zero-order chi connectivity index (χ0) is 19.9. The van der Waals surface area contributed by atoms with Gasteiger partial charge in [0.05, 0.1) is 0 Å². The van der Waals surface area contributed by atoms with Crippen molar-refractivity contribution in [3.05, 3.63) is 18.2 Å². The summed E-state index contributed by atoms with van der Waals surface area (Å²) in [6.07, 6.45) is 9.70. The lowest BCUT2D eigenvalue weighted by molar-refractivity contribution is -0.116. The van der Waals surface area contributed by atoms with Gasteiger partial charge in [0, 0.05) is 25.9 Å². The lowest BCUT2D eigenvalue weighted by Gasteiger charge is -2.22. The van der Waals surface area contributed by atoms with E-state index in [2.05, 4.69) is 5.32 Å². The molecule has 1 unspecified atom stereocenters. The van der Waals surface area contributed by atoms with Crippen molar-refractivity contribution in [3.63, 3.8) is 0 Å². The van der Waals surface area contributed by atoms with Crippen LogP contribution < -0.4 is 14.8 Å². The van der Waals surface area contributed by atoms with Crippen LogP contribution in [0, 0.1) is 5.92 Å². The number of nitrogens with one attached hydrogen (secondary N) is 1. The van der Waals surface area contributed by atoms with Crippen molar-refractivity contribution in [2.75, 3.05) is 32.7 Å². The molecule has 1 N–H and O–H groups in total. The number of ether oxygens (including phenoxy) is 3. The molecule has 2 aliphatic rings. The summed E-state index contributed by atoms with van der Waals surface area (Å²) in [6.45, 7) is 5.28. The van der Waals surface area contributed by atoms with Crippen LogP contribution in [0.3, 0.4) is 0 Å². The Labute approximate surface area is 164 Å². The topological polar surface area (TPSA) is 56.8 Å². The predicted molar refractivity (Wildman–Crippen MR) is 111 cm³/mol. The van der Waals surface area contributed by atoms with Crippen LogP contribution in [0.2, 0.25) is 0 Å². The quantitative estimate of drug-likeness (QED) is 0.698. The number of rotatable bonds is 6. The minimum atomic E-state index is -0.165. The molecule has 154 valence electrons. The monoisotopic (exact) mass is 379 g/mol. The summed E-state index contributed by atoms with van der Waals surface area (Å²) >= 11 is 0. The summed E-state index contributed by atoms with van der Waals surface area (Å²) in [7, 11) is 3.49. The van der Waals surface area contributed by atoms with Gasteiger partial charge in [-0.2, -0.15) is 0 Å². The molecule has 1 saturated carbocycles. The van der Waals surface area contributed by atoms with Gasteiger partial charge in [-0.1, -0.05) is 46.0 Å². The SMILES string of the molecule is CC.CNc1ccc2c(c1)OCCO2.COC(C=O)CCC1CCCCC1. The van der Waals surface area contributed by atoms with Gasteiger partial charge in [-0.15, -0.1) is 0 Å². The van der Waals surface area contributed by atoms with E-state index in [1.807, 2.05) is 39.1 Å². The molecule has 0 saturated heterocycles. The number of carbonyl (C=O) groups excluding carboxylic acids is 1. The average molecular weight is 380 g/mol. The Balaban J connectivity index is 0.000000248. The molecule has 5 heteroatoms. The molecule has 1 aromatic rings. The smallest absolute Gasteiger partial charge is 0.163 e. The molecular weight excluding hydrogens is 342 g/mol. The third kappa shape index (κ3) is 8.65. The molecule has 0 spiro atoms.